The van der Waals surface area contributed by atoms with Crippen LogP contribution in [0.3, 0.4) is 0 Å². The van der Waals surface area contributed by atoms with Crippen LogP contribution < -0.4 is 32.7 Å². The number of aryl methyl sites for hydroxylation is 2. The predicted molar refractivity (Wildman–Crippen MR) is 189 cm³/mol. The third-order valence-electron chi connectivity index (χ3n) is 9.58. The third-order valence-corrected chi connectivity index (χ3v) is 9.58. The number of aromatic amines is 1. The zero-order chi connectivity index (χ0) is 36.6. The molecule has 9 N–H and O–H groups in total. The standard InChI is InChI=1S/C37H49N7O6/c1-5-22(4)32(42-30(46)16-15-23-11-7-6-8-12-23)35(49)44-37(18-17-27-25(20-37)24-13-9-10-14-26(24)40-27)36(50)43-31(21(2)3)34(48)41-28(33(39)47)19-29(38)45/h6-14,21-22,28,31-32,40H,5,15-20H2,1-4H3,(H2,38,45)(H2,39,47)(H,41,48)(H,42,46)(H,43,50)(H,44,49)/t22-,28-,31-,32-,37+/m0/s1. The fourth-order valence-electron chi connectivity index (χ4n) is 6.42. The molecule has 1 heterocycles. The van der Waals surface area contributed by atoms with Gasteiger partial charge in [-0.25, -0.2) is 0 Å². The molecular weight excluding hydrogens is 638 g/mol. The number of para-hydroxylation sites is 1. The van der Waals surface area contributed by atoms with Crippen LogP contribution in [0.15, 0.2) is 54.6 Å². The average Bonchev–Trinajstić information content (AvgIpc) is 3.45. The number of fused-ring (bicyclic) bond motifs is 3. The fraction of sp³-hybridized carbons (Fsp3) is 0.459. The molecule has 6 amide bonds. The zero-order valence-electron chi connectivity index (χ0n) is 29.1. The number of amides is 6. The quantitative estimate of drug-likeness (QED) is 0.119. The lowest BCUT2D eigenvalue weighted by Crippen LogP contribution is -2.67. The van der Waals surface area contributed by atoms with Gasteiger partial charge in [-0.1, -0.05) is 82.6 Å². The van der Waals surface area contributed by atoms with E-state index in [0.29, 0.717) is 19.3 Å². The summed E-state index contributed by atoms with van der Waals surface area (Å²) >= 11 is 0. The summed E-state index contributed by atoms with van der Waals surface area (Å²) in [7, 11) is 0. The summed E-state index contributed by atoms with van der Waals surface area (Å²) < 4.78 is 0. The van der Waals surface area contributed by atoms with E-state index in [1.54, 1.807) is 13.8 Å². The highest BCUT2D eigenvalue weighted by molar-refractivity contribution is 5.99. The van der Waals surface area contributed by atoms with Gasteiger partial charge in [-0.15, -0.1) is 0 Å². The molecule has 0 spiro atoms. The number of rotatable bonds is 16. The van der Waals surface area contributed by atoms with Gasteiger partial charge in [0.1, 0.15) is 23.7 Å². The summed E-state index contributed by atoms with van der Waals surface area (Å²) in [6.07, 6.45) is 1.53. The van der Waals surface area contributed by atoms with E-state index >= 15 is 0 Å². The van der Waals surface area contributed by atoms with Crippen LogP contribution in [0.4, 0.5) is 0 Å². The molecule has 268 valence electrons. The van der Waals surface area contributed by atoms with Crippen molar-refractivity contribution in [3.8, 4) is 0 Å². The number of benzene rings is 2. The van der Waals surface area contributed by atoms with Gasteiger partial charge in [0.2, 0.25) is 35.4 Å². The molecular formula is C37H49N7O6. The summed E-state index contributed by atoms with van der Waals surface area (Å²) in [5.41, 5.74) is 12.9. The Bertz CT molecular complexity index is 1720. The molecule has 2 aromatic carbocycles. The molecule has 1 aromatic heterocycles. The van der Waals surface area contributed by atoms with Gasteiger partial charge in [0.05, 0.1) is 6.42 Å². The van der Waals surface area contributed by atoms with Crippen molar-refractivity contribution in [1.29, 1.82) is 0 Å². The fourth-order valence-corrected chi connectivity index (χ4v) is 6.42. The molecule has 1 aliphatic carbocycles. The molecule has 0 fully saturated rings. The number of aromatic nitrogens is 1. The molecule has 0 saturated heterocycles. The molecule has 0 unspecified atom stereocenters. The maximum Gasteiger partial charge on any atom is 0.246 e. The van der Waals surface area contributed by atoms with E-state index in [2.05, 4.69) is 26.3 Å². The van der Waals surface area contributed by atoms with Gasteiger partial charge >= 0.3 is 0 Å². The van der Waals surface area contributed by atoms with Crippen LogP contribution in [0.5, 0.6) is 0 Å². The van der Waals surface area contributed by atoms with E-state index in [1.165, 1.54) is 0 Å². The Hall–Kier alpha value is -5.20. The van der Waals surface area contributed by atoms with Crippen molar-refractivity contribution >= 4 is 46.3 Å². The van der Waals surface area contributed by atoms with E-state index in [4.69, 9.17) is 11.5 Å². The van der Waals surface area contributed by atoms with E-state index < -0.39 is 65.5 Å². The number of nitrogens with one attached hydrogen (secondary N) is 5. The molecule has 0 saturated carbocycles. The number of carbonyl (C=O) groups is 6. The first-order chi connectivity index (χ1) is 23.7. The normalized spacial score (nSPS) is 17.9. The summed E-state index contributed by atoms with van der Waals surface area (Å²) in [6, 6.07) is 13.8. The monoisotopic (exact) mass is 687 g/mol. The van der Waals surface area contributed by atoms with Gasteiger partial charge in [0, 0.05) is 29.4 Å². The second-order valence-electron chi connectivity index (χ2n) is 13.6. The lowest BCUT2D eigenvalue weighted by molar-refractivity contribution is -0.139. The predicted octanol–water partition coefficient (Wildman–Crippen LogP) is 1.66. The molecule has 50 heavy (non-hydrogen) atoms. The molecule has 1 aliphatic rings. The smallest absolute Gasteiger partial charge is 0.246 e. The summed E-state index contributed by atoms with van der Waals surface area (Å²) in [4.78, 5) is 82.3. The minimum Gasteiger partial charge on any atom is -0.370 e. The van der Waals surface area contributed by atoms with Crippen LogP contribution in [0.2, 0.25) is 0 Å². The van der Waals surface area contributed by atoms with Crippen LogP contribution in [0.1, 0.15) is 70.2 Å². The van der Waals surface area contributed by atoms with Crippen LogP contribution >= 0.6 is 0 Å². The van der Waals surface area contributed by atoms with Crippen molar-refractivity contribution in [2.75, 3.05) is 0 Å². The Balaban J connectivity index is 1.63. The van der Waals surface area contributed by atoms with Crippen LogP contribution in [0, 0.1) is 11.8 Å². The van der Waals surface area contributed by atoms with Gasteiger partial charge in [-0.05, 0) is 48.3 Å². The Labute approximate surface area is 292 Å². The first kappa shape index (κ1) is 37.6. The molecule has 0 radical (unpaired) electrons. The van der Waals surface area contributed by atoms with Gasteiger partial charge in [0.25, 0.3) is 0 Å². The van der Waals surface area contributed by atoms with Gasteiger partial charge in [0.15, 0.2) is 0 Å². The lowest BCUT2D eigenvalue weighted by Gasteiger charge is -2.39. The maximum absolute atomic E-state index is 14.5. The highest BCUT2D eigenvalue weighted by Gasteiger charge is 2.46. The molecule has 0 bridgehead atoms. The molecule has 13 nitrogen and oxygen atoms in total. The second-order valence-corrected chi connectivity index (χ2v) is 13.6. The lowest BCUT2D eigenvalue weighted by atomic mass is 9.78. The number of hydrogen-bond acceptors (Lipinski definition) is 6. The van der Waals surface area contributed by atoms with Crippen LogP contribution in [-0.4, -0.2) is 64.1 Å². The van der Waals surface area contributed by atoms with Gasteiger partial charge in [-0.3, -0.25) is 28.8 Å². The molecule has 5 atom stereocenters. The largest absolute Gasteiger partial charge is 0.370 e. The van der Waals surface area contributed by atoms with Crippen molar-refractivity contribution in [3.63, 3.8) is 0 Å². The first-order valence-corrected chi connectivity index (χ1v) is 17.2. The van der Waals surface area contributed by atoms with Crippen LogP contribution in [-0.2, 0) is 48.0 Å². The van der Waals surface area contributed by atoms with Crippen molar-refractivity contribution in [2.24, 2.45) is 23.3 Å². The minimum atomic E-state index is -1.50. The SMILES string of the molecule is CC[C@H](C)[C@H](NC(=O)CCc1ccccc1)C(=O)N[C@]1(C(=O)N[C@H](C(=O)N[C@@H](CC(N)=O)C(N)=O)C(C)C)CCc2[nH]c3ccccc3c2C1. The number of carbonyl (C=O) groups excluding carboxylic acids is 6. The van der Waals surface area contributed by atoms with Crippen LogP contribution in [0.25, 0.3) is 10.9 Å². The molecule has 13 heteroatoms. The Kier molecular flexibility index (Phi) is 12.4. The van der Waals surface area contributed by atoms with Gasteiger partial charge in [-0.2, -0.15) is 0 Å². The number of hydrogen-bond donors (Lipinski definition) is 7. The van der Waals surface area contributed by atoms with Crippen molar-refractivity contribution in [1.82, 2.24) is 26.3 Å². The van der Waals surface area contributed by atoms with Gasteiger partial charge < -0.3 is 37.7 Å². The minimum absolute atomic E-state index is 0.122. The Morgan fingerprint density at radius 2 is 1.54 bits per heavy atom. The topological polar surface area (TPSA) is 218 Å². The molecule has 0 aliphatic heterocycles. The second kappa shape index (κ2) is 16.5. The highest BCUT2D eigenvalue weighted by atomic mass is 16.2. The zero-order valence-corrected chi connectivity index (χ0v) is 29.1. The number of nitrogens with two attached hydrogens (primary N) is 2. The highest BCUT2D eigenvalue weighted by Crippen LogP contribution is 2.35. The van der Waals surface area contributed by atoms with E-state index in [-0.39, 0.29) is 31.1 Å². The van der Waals surface area contributed by atoms with Crippen molar-refractivity contribution in [2.45, 2.75) is 96.3 Å². The summed E-state index contributed by atoms with van der Waals surface area (Å²) in [5, 5.41) is 12.1. The first-order valence-electron chi connectivity index (χ1n) is 17.2. The third kappa shape index (κ3) is 9.07. The Morgan fingerprint density at radius 3 is 2.18 bits per heavy atom. The summed E-state index contributed by atoms with van der Waals surface area (Å²) in [6.45, 7) is 7.22. The number of H-pyrrole nitrogens is 1. The molecule has 3 aromatic rings. The van der Waals surface area contributed by atoms with E-state index in [1.807, 2.05) is 68.4 Å². The van der Waals surface area contributed by atoms with Crippen molar-refractivity contribution in [3.05, 3.63) is 71.4 Å². The van der Waals surface area contributed by atoms with E-state index in [0.717, 1.165) is 27.7 Å². The number of primary amides is 2. The summed E-state index contributed by atoms with van der Waals surface area (Å²) in [5.74, 6) is -4.62. The molecule has 4 rings (SSSR count). The Morgan fingerprint density at radius 1 is 0.860 bits per heavy atom. The average molecular weight is 688 g/mol. The van der Waals surface area contributed by atoms with E-state index in [9.17, 15) is 28.8 Å². The maximum atomic E-state index is 14.5. The van der Waals surface area contributed by atoms with Crippen molar-refractivity contribution < 1.29 is 28.8 Å².